The highest BCUT2D eigenvalue weighted by Gasteiger charge is 2.16. The van der Waals surface area contributed by atoms with Crippen LogP contribution in [0.3, 0.4) is 0 Å². The summed E-state index contributed by atoms with van der Waals surface area (Å²) in [7, 11) is -3.31. The van der Waals surface area contributed by atoms with E-state index in [0.717, 1.165) is 32.4 Å². The lowest BCUT2D eigenvalue weighted by atomic mass is 10.2. The van der Waals surface area contributed by atoms with Gasteiger partial charge >= 0.3 is 0 Å². The SMILES string of the molecule is O=S(=O)(CCO)NN1CCCCC1. The van der Waals surface area contributed by atoms with Crippen LogP contribution in [-0.2, 0) is 10.0 Å². The van der Waals surface area contributed by atoms with Crippen LogP contribution in [0, 0.1) is 0 Å². The molecule has 0 spiro atoms. The van der Waals surface area contributed by atoms with Crippen molar-refractivity contribution in [3.63, 3.8) is 0 Å². The number of hydrogen-bond donors (Lipinski definition) is 2. The Bertz CT molecular complexity index is 234. The number of aliphatic hydroxyl groups excluding tert-OH is 1. The lowest BCUT2D eigenvalue weighted by Gasteiger charge is -2.26. The molecule has 2 N–H and O–H groups in total. The predicted molar refractivity (Wildman–Crippen MR) is 49.4 cm³/mol. The summed E-state index contributed by atoms with van der Waals surface area (Å²) >= 11 is 0. The maximum Gasteiger partial charge on any atom is 0.226 e. The number of rotatable bonds is 4. The Hall–Kier alpha value is -0.170. The Balaban J connectivity index is 2.37. The van der Waals surface area contributed by atoms with E-state index in [1.54, 1.807) is 5.01 Å². The van der Waals surface area contributed by atoms with Gasteiger partial charge in [-0.3, -0.25) is 0 Å². The molecule has 0 aliphatic carbocycles. The van der Waals surface area contributed by atoms with Crippen molar-refractivity contribution in [2.45, 2.75) is 19.3 Å². The van der Waals surface area contributed by atoms with Crippen LogP contribution in [0.15, 0.2) is 0 Å². The molecular formula is C7H16N2O3S. The molecule has 13 heavy (non-hydrogen) atoms. The molecule has 0 atom stereocenters. The zero-order chi connectivity index (χ0) is 9.73. The van der Waals surface area contributed by atoms with Crippen molar-refractivity contribution in [2.75, 3.05) is 25.4 Å². The van der Waals surface area contributed by atoms with Crippen LogP contribution < -0.4 is 4.83 Å². The van der Waals surface area contributed by atoms with Crippen molar-refractivity contribution in [3.05, 3.63) is 0 Å². The molecule has 0 saturated carbocycles. The van der Waals surface area contributed by atoms with Gasteiger partial charge in [0.1, 0.15) is 0 Å². The summed E-state index contributed by atoms with van der Waals surface area (Å²) < 4.78 is 22.4. The molecule has 0 radical (unpaired) electrons. The minimum Gasteiger partial charge on any atom is -0.395 e. The summed E-state index contributed by atoms with van der Waals surface area (Å²) in [6.07, 6.45) is 3.22. The monoisotopic (exact) mass is 208 g/mol. The first-order valence-electron chi connectivity index (χ1n) is 4.50. The number of nitrogens with zero attached hydrogens (tertiary/aromatic N) is 1. The predicted octanol–water partition coefficient (Wildman–Crippen LogP) is -0.701. The van der Waals surface area contributed by atoms with Gasteiger partial charge in [0, 0.05) is 13.1 Å². The molecule has 1 aliphatic rings. The topological polar surface area (TPSA) is 69.6 Å². The Labute approximate surface area is 78.8 Å². The van der Waals surface area contributed by atoms with Crippen LogP contribution in [0.1, 0.15) is 19.3 Å². The summed E-state index contributed by atoms with van der Waals surface area (Å²) in [5.41, 5.74) is 0. The highest BCUT2D eigenvalue weighted by molar-refractivity contribution is 7.89. The lowest BCUT2D eigenvalue weighted by molar-refractivity contribution is 0.199. The Morgan fingerprint density at radius 3 is 2.38 bits per heavy atom. The van der Waals surface area contributed by atoms with E-state index >= 15 is 0 Å². The van der Waals surface area contributed by atoms with Gasteiger partial charge < -0.3 is 5.11 Å². The molecule has 1 saturated heterocycles. The fourth-order valence-corrected chi connectivity index (χ4v) is 2.26. The molecule has 0 amide bonds. The number of piperidine rings is 1. The Morgan fingerprint density at radius 1 is 1.23 bits per heavy atom. The van der Waals surface area contributed by atoms with Gasteiger partial charge in [0.05, 0.1) is 12.4 Å². The molecule has 1 fully saturated rings. The van der Waals surface area contributed by atoms with Gasteiger partial charge in [-0.1, -0.05) is 6.42 Å². The van der Waals surface area contributed by atoms with Crippen molar-refractivity contribution in [2.24, 2.45) is 0 Å². The number of sulfonamides is 1. The second kappa shape index (κ2) is 4.90. The van der Waals surface area contributed by atoms with Crippen molar-refractivity contribution >= 4 is 10.0 Å². The first-order chi connectivity index (χ1) is 6.14. The molecule has 0 aromatic rings. The first-order valence-corrected chi connectivity index (χ1v) is 6.15. The Kier molecular flexibility index (Phi) is 4.11. The van der Waals surface area contributed by atoms with Gasteiger partial charge in [0.2, 0.25) is 10.0 Å². The highest BCUT2D eigenvalue weighted by atomic mass is 32.2. The zero-order valence-electron chi connectivity index (χ0n) is 7.57. The average molecular weight is 208 g/mol. The van der Waals surface area contributed by atoms with E-state index in [1.807, 2.05) is 0 Å². The van der Waals surface area contributed by atoms with Crippen LogP contribution in [0.2, 0.25) is 0 Å². The maximum atomic E-state index is 11.2. The number of hydrogen-bond acceptors (Lipinski definition) is 4. The molecular weight excluding hydrogens is 192 g/mol. The van der Waals surface area contributed by atoms with Gasteiger partial charge in [-0.2, -0.15) is 0 Å². The van der Waals surface area contributed by atoms with Gasteiger partial charge in [0.15, 0.2) is 0 Å². The summed E-state index contributed by atoms with van der Waals surface area (Å²) in [6, 6.07) is 0. The fourth-order valence-electron chi connectivity index (χ4n) is 1.35. The van der Waals surface area contributed by atoms with Crippen molar-refractivity contribution in [1.82, 2.24) is 9.84 Å². The third-order valence-corrected chi connectivity index (χ3v) is 3.24. The van der Waals surface area contributed by atoms with E-state index in [-0.39, 0.29) is 12.4 Å². The molecule has 1 aliphatic heterocycles. The molecule has 0 aromatic heterocycles. The summed E-state index contributed by atoms with van der Waals surface area (Å²) in [4.78, 5) is 2.44. The van der Waals surface area contributed by atoms with Gasteiger partial charge in [-0.25, -0.2) is 13.4 Å². The van der Waals surface area contributed by atoms with Gasteiger partial charge in [0.25, 0.3) is 0 Å². The number of aliphatic hydroxyl groups is 1. The summed E-state index contributed by atoms with van der Waals surface area (Å²) in [6.45, 7) is 1.21. The van der Waals surface area contributed by atoms with E-state index in [0.29, 0.717) is 0 Å². The third-order valence-electron chi connectivity index (χ3n) is 1.98. The van der Waals surface area contributed by atoms with Crippen LogP contribution >= 0.6 is 0 Å². The van der Waals surface area contributed by atoms with Crippen LogP contribution in [-0.4, -0.2) is 44.0 Å². The minimum absolute atomic E-state index is 0.219. The minimum atomic E-state index is -3.31. The number of hydrazine groups is 1. The lowest BCUT2D eigenvalue weighted by Crippen LogP contribution is -2.46. The second-order valence-electron chi connectivity index (χ2n) is 3.18. The standard InChI is InChI=1S/C7H16N2O3S/c10-6-7-13(11,12)8-9-4-2-1-3-5-9/h8,10H,1-7H2. The van der Waals surface area contributed by atoms with E-state index in [1.165, 1.54) is 0 Å². The van der Waals surface area contributed by atoms with E-state index in [4.69, 9.17) is 5.11 Å². The zero-order valence-corrected chi connectivity index (χ0v) is 8.39. The van der Waals surface area contributed by atoms with Crippen LogP contribution in [0.25, 0.3) is 0 Å². The fraction of sp³-hybridized carbons (Fsp3) is 1.00. The largest absolute Gasteiger partial charge is 0.395 e. The Morgan fingerprint density at radius 2 is 1.85 bits per heavy atom. The molecule has 1 heterocycles. The maximum absolute atomic E-state index is 11.2. The molecule has 0 bridgehead atoms. The second-order valence-corrected chi connectivity index (χ2v) is 5.00. The molecule has 0 unspecified atom stereocenters. The quantitative estimate of drug-likeness (QED) is 0.641. The van der Waals surface area contributed by atoms with Crippen molar-refractivity contribution in [3.8, 4) is 0 Å². The molecule has 1 rings (SSSR count). The molecule has 0 aromatic carbocycles. The first kappa shape index (κ1) is 10.9. The van der Waals surface area contributed by atoms with E-state index < -0.39 is 10.0 Å². The molecule has 6 heteroatoms. The average Bonchev–Trinajstić information content (AvgIpc) is 2.04. The van der Waals surface area contributed by atoms with Crippen molar-refractivity contribution in [1.29, 1.82) is 0 Å². The van der Waals surface area contributed by atoms with E-state index in [2.05, 4.69) is 4.83 Å². The van der Waals surface area contributed by atoms with Crippen molar-refractivity contribution < 1.29 is 13.5 Å². The van der Waals surface area contributed by atoms with Crippen LogP contribution in [0.5, 0.6) is 0 Å². The van der Waals surface area contributed by atoms with Gasteiger partial charge in [-0.05, 0) is 12.8 Å². The summed E-state index contributed by atoms with van der Waals surface area (Å²) in [5.74, 6) is -0.219. The van der Waals surface area contributed by atoms with Crippen LogP contribution in [0.4, 0.5) is 0 Å². The normalized spacial score (nSPS) is 20.4. The van der Waals surface area contributed by atoms with E-state index in [9.17, 15) is 8.42 Å². The highest BCUT2D eigenvalue weighted by Crippen LogP contribution is 2.06. The summed E-state index contributed by atoms with van der Waals surface area (Å²) in [5, 5.41) is 10.2. The third kappa shape index (κ3) is 4.04. The molecule has 5 nitrogen and oxygen atoms in total. The smallest absolute Gasteiger partial charge is 0.226 e. The number of nitrogens with one attached hydrogen (secondary N) is 1. The molecule has 78 valence electrons. The van der Waals surface area contributed by atoms with Gasteiger partial charge in [-0.15, -0.1) is 4.83 Å².